The predicted molar refractivity (Wildman–Crippen MR) is 136 cm³/mol. The van der Waals surface area contributed by atoms with E-state index in [1.165, 1.54) is 25.7 Å². The first kappa shape index (κ1) is 29.5. The van der Waals surface area contributed by atoms with Crippen molar-refractivity contribution in [2.24, 2.45) is 33.8 Å². The van der Waals surface area contributed by atoms with Crippen molar-refractivity contribution in [2.75, 3.05) is 13.7 Å². The molecule has 4 aliphatic rings. The molecule has 1 aromatic rings. The van der Waals surface area contributed by atoms with E-state index in [0.29, 0.717) is 12.0 Å². The van der Waals surface area contributed by atoms with E-state index in [0.717, 1.165) is 6.29 Å². The molecule has 0 aromatic carbocycles. The number of aliphatic hydroxyl groups excluding tert-OH is 3. The standard InChI is InChI=1S/C28H35NO12/c1-27-9-18(13-4-5-38-12-13)40-25(35)16(27)6-14(10-30)28(2)17(24(34)37-3)7-15(8-20(27)28)39-26-23(33)21(29-36)22(32)19(11-31)41-26/h4-5,7,10,12,14-16,18-23,26,31-33H,6,8-9,11H2,1-3H3. The highest BCUT2D eigenvalue weighted by Crippen LogP contribution is 2.66. The first-order valence-corrected chi connectivity index (χ1v) is 13.6. The monoisotopic (exact) mass is 577 g/mol. The van der Waals surface area contributed by atoms with Gasteiger partial charge in [0.05, 0.1) is 38.3 Å². The fourth-order valence-corrected chi connectivity index (χ4v) is 7.65. The molecule has 13 heteroatoms. The first-order valence-electron chi connectivity index (χ1n) is 13.6. The van der Waals surface area contributed by atoms with Crippen LogP contribution in [0.4, 0.5) is 0 Å². The van der Waals surface area contributed by atoms with Crippen LogP contribution in [0.3, 0.4) is 0 Å². The number of hydrogen-bond acceptors (Lipinski definition) is 13. The average Bonchev–Trinajstić information content (AvgIpc) is 3.49. The molecule has 0 bridgehead atoms. The summed E-state index contributed by atoms with van der Waals surface area (Å²) in [5.74, 6) is -2.98. The van der Waals surface area contributed by atoms with Crippen LogP contribution in [0, 0.1) is 33.5 Å². The summed E-state index contributed by atoms with van der Waals surface area (Å²) in [5, 5.41) is 33.4. The molecule has 1 saturated carbocycles. The highest BCUT2D eigenvalue weighted by Gasteiger charge is 2.66. The van der Waals surface area contributed by atoms with Crippen molar-refractivity contribution in [3.05, 3.63) is 40.7 Å². The zero-order valence-corrected chi connectivity index (χ0v) is 23.0. The van der Waals surface area contributed by atoms with Gasteiger partial charge in [0.1, 0.15) is 30.7 Å². The van der Waals surface area contributed by atoms with Gasteiger partial charge in [-0.2, -0.15) is 4.91 Å². The minimum Gasteiger partial charge on any atom is -0.472 e. The summed E-state index contributed by atoms with van der Waals surface area (Å²) in [6.45, 7) is 3.11. The Bertz CT molecular complexity index is 1200. The summed E-state index contributed by atoms with van der Waals surface area (Å²) in [7, 11) is 1.23. The van der Waals surface area contributed by atoms with Gasteiger partial charge < -0.3 is 43.5 Å². The largest absolute Gasteiger partial charge is 0.472 e. The van der Waals surface area contributed by atoms with Crippen LogP contribution in [0.2, 0.25) is 0 Å². The van der Waals surface area contributed by atoms with E-state index in [-0.39, 0.29) is 18.4 Å². The van der Waals surface area contributed by atoms with E-state index < -0.39 is 90.0 Å². The molecule has 0 amide bonds. The lowest BCUT2D eigenvalue weighted by molar-refractivity contribution is -0.288. The summed E-state index contributed by atoms with van der Waals surface area (Å²) < 4.78 is 27.8. The number of carbonyl (C=O) groups is 3. The molecule has 41 heavy (non-hydrogen) atoms. The molecule has 3 fully saturated rings. The number of hydrogen-bond donors (Lipinski definition) is 3. The molecule has 2 aliphatic carbocycles. The van der Waals surface area contributed by atoms with Crippen molar-refractivity contribution >= 4 is 18.2 Å². The zero-order valence-electron chi connectivity index (χ0n) is 23.0. The van der Waals surface area contributed by atoms with Crippen molar-refractivity contribution in [2.45, 2.75) is 76.0 Å². The van der Waals surface area contributed by atoms with Crippen LogP contribution in [0.5, 0.6) is 0 Å². The van der Waals surface area contributed by atoms with Crippen molar-refractivity contribution in [1.82, 2.24) is 0 Å². The molecule has 5 rings (SSSR count). The van der Waals surface area contributed by atoms with Gasteiger partial charge in [0.15, 0.2) is 12.3 Å². The predicted octanol–water partition coefficient (Wildman–Crippen LogP) is 1.19. The summed E-state index contributed by atoms with van der Waals surface area (Å²) in [6, 6.07) is 0.194. The third-order valence-electron chi connectivity index (χ3n) is 9.91. The average molecular weight is 578 g/mol. The summed E-state index contributed by atoms with van der Waals surface area (Å²) >= 11 is 0. The number of rotatable bonds is 7. The number of fused-ring (bicyclic) bond motifs is 3. The van der Waals surface area contributed by atoms with E-state index in [2.05, 4.69) is 5.18 Å². The molecule has 0 radical (unpaired) electrons. The van der Waals surface area contributed by atoms with Gasteiger partial charge in [-0.05, 0) is 42.7 Å². The van der Waals surface area contributed by atoms with Crippen LogP contribution >= 0.6 is 0 Å². The number of nitrogens with zero attached hydrogens (tertiary/aromatic N) is 1. The number of nitroso groups, excluding NO2 is 1. The summed E-state index contributed by atoms with van der Waals surface area (Å²) in [5.41, 5.74) is -0.944. The molecule has 1 aromatic heterocycles. The number of aliphatic hydroxyl groups is 3. The first-order chi connectivity index (χ1) is 19.5. The SMILES string of the molecule is COC(=O)C1=CC(OC2OC(CO)C(O)C(N=O)C2O)CC2C3(C)CC(c4ccoc4)OC(=O)C3CC(C=O)C12C. The minimum atomic E-state index is -1.67. The second-order valence-corrected chi connectivity index (χ2v) is 11.8. The van der Waals surface area contributed by atoms with Crippen LogP contribution in [0.1, 0.15) is 44.8 Å². The van der Waals surface area contributed by atoms with Crippen molar-refractivity contribution in [3.63, 3.8) is 0 Å². The molecule has 2 aliphatic heterocycles. The fourth-order valence-electron chi connectivity index (χ4n) is 7.65. The number of esters is 2. The van der Waals surface area contributed by atoms with Crippen molar-refractivity contribution in [3.8, 4) is 0 Å². The Morgan fingerprint density at radius 3 is 2.61 bits per heavy atom. The highest BCUT2D eigenvalue weighted by atomic mass is 16.7. The summed E-state index contributed by atoms with van der Waals surface area (Å²) in [4.78, 5) is 50.6. The molecule has 12 atom stereocenters. The number of cyclic esters (lactones) is 1. The fraction of sp³-hybridized carbons (Fsp3) is 0.679. The number of ether oxygens (including phenoxy) is 4. The molecule has 3 N–H and O–H groups in total. The van der Waals surface area contributed by atoms with E-state index in [1.807, 2.05) is 13.8 Å². The number of aldehydes is 1. The smallest absolute Gasteiger partial charge is 0.334 e. The highest BCUT2D eigenvalue weighted by molar-refractivity contribution is 5.91. The molecule has 0 spiro atoms. The van der Waals surface area contributed by atoms with Crippen LogP contribution < -0.4 is 0 Å². The van der Waals surface area contributed by atoms with Crippen molar-refractivity contribution in [1.29, 1.82) is 0 Å². The Morgan fingerprint density at radius 1 is 1.24 bits per heavy atom. The Kier molecular flexibility index (Phi) is 7.94. The van der Waals surface area contributed by atoms with Crippen LogP contribution in [0.25, 0.3) is 0 Å². The van der Waals surface area contributed by atoms with E-state index in [9.17, 15) is 34.6 Å². The maximum absolute atomic E-state index is 13.4. The van der Waals surface area contributed by atoms with Crippen molar-refractivity contribution < 1.29 is 53.1 Å². The van der Waals surface area contributed by atoms with E-state index in [4.69, 9.17) is 23.4 Å². The van der Waals surface area contributed by atoms with Gasteiger partial charge in [0.2, 0.25) is 0 Å². The lowest BCUT2D eigenvalue weighted by Gasteiger charge is -2.62. The van der Waals surface area contributed by atoms with Gasteiger partial charge >= 0.3 is 11.9 Å². The summed E-state index contributed by atoms with van der Waals surface area (Å²) in [6.07, 6.45) is -1.41. The van der Waals surface area contributed by atoms with Gasteiger partial charge in [-0.3, -0.25) is 4.79 Å². The lowest BCUT2D eigenvalue weighted by atomic mass is 9.42. The normalized spacial score (nSPS) is 44.0. The van der Waals surface area contributed by atoms with Gasteiger partial charge in [-0.25, -0.2) is 4.79 Å². The lowest BCUT2D eigenvalue weighted by Crippen LogP contribution is -2.62. The number of methoxy groups -OCH3 is 1. The Balaban J connectivity index is 1.55. The van der Waals surface area contributed by atoms with Crippen LogP contribution in [0.15, 0.2) is 39.8 Å². The molecule has 12 unspecified atom stereocenters. The van der Waals surface area contributed by atoms with Gasteiger partial charge in [0, 0.05) is 22.5 Å². The number of furan rings is 1. The Hall–Kier alpha value is -2.97. The quantitative estimate of drug-likeness (QED) is 0.239. The Labute approximate surface area is 235 Å². The van der Waals surface area contributed by atoms with E-state index >= 15 is 0 Å². The second-order valence-electron chi connectivity index (χ2n) is 11.8. The third-order valence-corrected chi connectivity index (χ3v) is 9.91. The van der Waals surface area contributed by atoms with Crippen LogP contribution in [-0.4, -0.2) is 84.0 Å². The minimum absolute atomic E-state index is 0.178. The van der Waals surface area contributed by atoms with Crippen LogP contribution in [-0.2, 0) is 33.3 Å². The third kappa shape index (κ3) is 4.63. The maximum Gasteiger partial charge on any atom is 0.334 e. The van der Waals surface area contributed by atoms with Gasteiger partial charge in [-0.15, -0.1) is 0 Å². The number of carbonyl (C=O) groups excluding carboxylic acids is 3. The molecule has 2 saturated heterocycles. The molecule has 13 nitrogen and oxygen atoms in total. The van der Waals surface area contributed by atoms with Gasteiger partial charge in [0.25, 0.3) is 0 Å². The second kappa shape index (κ2) is 11.0. The molecule has 3 heterocycles. The van der Waals surface area contributed by atoms with E-state index in [1.54, 1.807) is 6.07 Å². The van der Waals surface area contributed by atoms with Gasteiger partial charge in [-0.1, -0.05) is 19.0 Å². The molecular weight excluding hydrogens is 542 g/mol. The Morgan fingerprint density at radius 2 is 2.00 bits per heavy atom. The topological polar surface area (TPSA) is 191 Å². The maximum atomic E-state index is 13.4. The molecular formula is C28H35NO12. The molecule has 224 valence electrons. The zero-order chi connectivity index (χ0) is 29.7.